The van der Waals surface area contributed by atoms with Crippen LogP contribution in [0.25, 0.3) is 10.8 Å². The Bertz CT molecular complexity index is 853. The fraction of sp³-hybridized carbons (Fsp3) is 0.235. The molecule has 2 aromatic heterocycles. The zero-order valence-electron chi connectivity index (χ0n) is 13.1. The van der Waals surface area contributed by atoms with Gasteiger partial charge in [-0.1, -0.05) is 36.4 Å². The van der Waals surface area contributed by atoms with Crippen molar-refractivity contribution in [1.82, 2.24) is 15.1 Å². The minimum Gasteiger partial charge on any atom is -0.387 e. The maximum Gasteiger partial charge on any atom is 0.437 e. The van der Waals surface area contributed by atoms with Gasteiger partial charge < -0.3 is 9.73 Å². The number of thiophene rings is 1. The number of nitrogens with zero attached hydrogens (tertiary/aromatic N) is 2. The molecule has 0 spiro atoms. The largest absolute Gasteiger partial charge is 0.437 e. The highest BCUT2D eigenvalue weighted by molar-refractivity contribution is 7.13. The normalized spacial score (nSPS) is 12.0. The van der Waals surface area contributed by atoms with Crippen LogP contribution in [0.15, 0.2) is 57.1 Å². The van der Waals surface area contributed by atoms with Crippen LogP contribution in [0.2, 0.25) is 0 Å². The van der Waals surface area contributed by atoms with Crippen LogP contribution >= 0.6 is 11.3 Å². The average molecular weight is 343 g/mol. The van der Waals surface area contributed by atoms with Gasteiger partial charge in [-0.25, -0.2) is 4.79 Å². The van der Waals surface area contributed by atoms with Gasteiger partial charge in [0.25, 0.3) is 5.89 Å². The van der Waals surface area contributed by atoms with Gasteiger partial charge in [0, 0.05) is 6.54 Å². The van der Waals surface area contributed by atoms with Crippen LogP contribution in [-0.2, 0) is 11.3 Å². The number of carbonyl (C=O) groups excluding carboxylic acids is 1. The Hall–Kier alpha value is -2.67. The van der Waals surface area contributed by atoms with E-state index in [-0.39, 0.29) is 18.4 Å². The van der Waals surface area contributed by atoms with Crippen LogP contribution in [0.1, 0.15) is 18.4 Å². The van der Waals surface area contributed by atoms with E-state index in [2.05, 4.69) is 10.4 Å². The molecule has 0 aliphatic rings. The first-order chi connectivity index (χ1) is 11.6. The molecular weight excluding hydrogens is 326 g/mol. The van der Waals surface area contributed by atoms with E-state index in [1.165, 1.54) is 16.0 Å². The molecule has 0 bridgehead atoms. The lowest BCUT2D eigenvalue weighted by molar-refractivity contribution is -0.122. The molecule has 3 rings (SSSR count). The molecule has 7 heteroatoms. The first-order valence-corrected chi connectivity index (χ1v) is 8.47. The summed E-state index contributed by atoms with van der Waals surface area (Å²) >= 11 is 1.45. The second kappa shape index (κ2) is 7.27. The molecular formula is C17H17N3O3S. The van der Waals surface area contributed by atoms with Gasteiger partial charge in [0.05, 0.1) is 17.3 Å². The Morgan fingerprint density at radius 2 is 2.08 bits per heavy atom. The van der Waals surface area contributed by atoms with Crippen molar-refractivity contribution in [2.45, 2.75) is 19.4 Å². The van der Waals surface area contributed by atoms with Crippen molar-refractivity contribution in [1.29, 1.82) is 0 Å². The minimum atomic E-state index is -0.524. The van der Waals surface area contributed by atoms with E-state index in [1.54, 1.807) is 0 Å². The molecule has 24 heavy (non-hydrogen) atoms. The third kappa shape index (κ3) is 3.62. The first-order valence-electron chi connectivity index (χ1n) is 7.59. The first kappa shape index (κ1) is 16.2. The summed E-state index contributed by atoms with van der Waals surface area (Å²) in [6.07, 6.45) is 0. The lowest BCUT2D eigenvalue weighted by Crippen LogP contribution is -2.32. The molecule has 3 aromatic rings. The van der Waals surface area contributed by atoms with Crippen molar-refractivity contribution >= 4 is 17.2 Å². The summed E-state index contributed by atoms with van der Waals surface area (Å²) in [5.74, 6) is -0.555. The fourth-order valence-corrected chi connectivity index (χ4v) is 2.92. The van der Waals surface area contributed by atoms with Gasteiger partial charge >= 0.3 is 5.76 Å². The molecule has 0 fully saturated rings. The van der Waals surface area contributed by atoms with Gasteiger partial charge in [-0.15, -0.1) is 16.4 Å². The van der Waals surface area contributed by atoms with Crippen molar-refractivity contribution < 1.29 is 9.21 Å². The molecule has 1 N–H and O–H groups in total. The molecule has 0 saturated carbocycles. The van der Waals surface area contributed by atoms with Gasteiger partial charge in [0.15, 0.2) is 0 Å². The van der Waals surface area contributed by atoms with E-state index < -0.39 is 5.76 Å². The highest BCUT2D eigenvalue weighted by atomic mass is 32.1. The van der Waals surface area contributed by atoms with E-state index in [0.29, 0.717) is 12.4 Å². The summed E-state index contributed by atoms with van der Waals surface area (Å²) in [5, 5.41) is 8.86. The van der Waals surface area contributed by atoms with Crippen molar-refractivity contribution in [2.75, 3.05) is 6.54 Å². The smallest absolute Gasteiger partial charge is 0.387 e. The number of amides is 1. The second-order valence-electron chi connectivity index (χ2n) is 5.30. The van der Waals surface area contributed by atoms with Crippen molar-refractivity contribution in [3.8, 4) is 10.8 Å². The van der Waals surface area contributed by atoms with Gasteiger partial charge in [-0.3, -0.25) is 4.79 Å². The topological polar surface area (TPSA) is 77.1 Å². The quantitative estimate of drug-likeness (QED) is 0.746. The number of rotatable bonds is 6. The van der Waals surface area contributed by atoms with Crippen LogP contribution in [-0.4, -0.2) is 22.2 Å². The van der Waals surface area contributed by atoms with Crippen LogP contribution in [0.3, 0.4) is 0 Å². The summed E-state index contributed by atoms with van der Waals surface area (Å²) < 4.78 is 6.35. The average Bonchev–Trinajstić information content (AvgIpc) is 3.25. The zero-order chi connectivity index (χ0) is 16.9. The van der Waals surface area contributed by atoms with Crippen LogP contribution < -0.4 is 11.1 Å². The van der Waals surface area contributed by atoms with Crippen LogP contribution in [0.5, 0.6) is 0 Å². The fourth-order valence-electron chi connectivity index (χ4n) is 2.28. The highest BCUT2D eigenvalue weighted by Crippen LogP contribution is 2.21. The van der Waals surface area contributed by atoms with E-state index in [4.69, 9.17) is 4.42 Å². The van der Waals surface area contributed by atoms with Crippen molar-refractivity contribution in [3.05, 3.63) is 64.0 Å². The van der Waals surface area contributed by atoms with E-state index in [0.717, 1.165) is 10.4 Å². The van der Waals surface area contributed by atoms with Crippen molar-refractivity contribution in [3.63, 3.8) is 0 Å². The van der Waals surface area contributed by atoms with Crippen LogP contribution in [0.4, 0.5) is 0 Å². The predicted octanol–water partition coefficient (Wildman–Crippen LogP) is 2.48. The molecule has 0 radical (unpaired) electrons. The minimum absolute atomic E-state index is 0.0868. The third-order valence-corrected chi connectivity index (χ3v) is 4.51. The molecule has 0 aliphatic heterocycles. The summed E-state index contributed by atoms with van der Waals surface area (Å²) in [6, 6.07) is 13.3. The standard InChI is InChI=1S/C17H17N3O3S/c1-12(13-6-3-2-4-7-13)15(21)18-9-10-20-17(22)23-16(19-20)14-8-5-11-24-14/h2-8,11-12H,9-10H2,1H3,(H,18,21). The summed E-state index contributed by atoms with van der Waals surface area (Å²) in [5.41, 5.74) is 0.952. The number of hydrogen-bond donors (Lipinski definition) is 1. The predicted molar refractivity (Wildman–Crippen MR) is 91.9 cm³/mol. The lowest BCUT2D eigenvalue weighted by atomic mass is 10.0. The zero-order valence-corrected chi connectivity index (χ0v) is 14.0. The molecule has 6 nitrogen and oxygen atoms in total. The molecule has 1 unspecified atom stereocenters. The summed E-state index contributed by atoms with van der Waals surface area (Å²) in [6.45, 7) is 2.43. The van der Waals surface area contributed by atoms with Crippen molar-refractivity contribution in [2.24, 2.45) is 0 Å². The molecule has 0 saturated heterocycles. The molecule has 1 amide bonds. The molecule has 1 atom stereocenters. The van der Waals surface area contributed by atoms with Crippen LogP contribution in [0, 0.1) is 0 Å². The summed E-state index contributed by atoms with van der Waals surface area (Å²) in [4.78, 5) is 24.8. The van der Waals surface area contributed by atoms with E-state index in [9.17, 15) is 9.59 Å². The Morgan fingerprint density at radius 1 is 1.29 bits per heavy atom. The van der Waals surface area contributed by atoms with Gasteiger partial charge in [0.1, 0.15) is 0 Å². The Balaban J connectivity index is 1.57. The van der Waals surface area contributed by atoms with Gasteiger partial charge in [-0.05, 0) is 23.9 Å². The van der Waals surface area contributed by atoms with Gasteiger partial charge in [0.2, 0.25) is 5.91 Å². The Labute approximate surface area is 142 Å². The number of carbonyl (C=O) groups is 1. The summed E-state index contributed by atoms with van der Waals surface area (Å²) in [7, 11) is 0. The van der Waals surface area contributed by atoms with E-state index >= 15 is 0 Å². The van der Waals surface area contributed by atoms with E-state index in [1.807, 2.05) is 54.8 Å². The molecule has 124 valence electrons. The lowest BCUT2D eigenvalue weighted by Gasteiger charge is -2.12. The Morgan fingerprint density at radius 3 is 2.79 bits per heavy atom. The number of hydrogen-bond acceptors (Lipinski definition) is 5. The molecule has 1 aromatic carbocycles. The number of aromatic nitrogens is 2. The maximum atomic E-state index is 12.2. The Kier molecular flexibility index (Phi) is 4.90. The number of benzene rings is 1. The second-order valence-corrected chi connectivity index (χ2v) is 6.24. The maximum absolute atomic E-state index is 12.2. The highest BCUT2D eigenvalue weighted by Gasteiger charge is 2.15. The molecule has 2 heterocycles. The van der Waals surface area contributed by atoms with Gasteiger partial charge in [-0.2, -0.15) is 4.68 Å². The SMILES string of the molecule is CC(C(=O)NCCn1nc(-c2cccs2)oc1=O)c1ccccc1. The third-order valence-electron chi connectivity index (χ3n) is 3.65. The monoisotopic (exact) mass is 343 g/mol. The molecule has 0 aliphatic carbocycles. The number of nitrogens with one attached hydrogen (secondary N) is 1.